The minimum absolute atomic E-state index is 0.0781. The second-order valence-corrected chi connectivity index (χ2v) is 8.79. The topological polar surface area (TPSA) is 47.6 Å². The van der Waals surface area contributed by atoms with Gasteiger partial charge in [0.05, 0.1) is 17.2 Å². The molecule has 0 radical (unpaired) electrons. The molecule has 0 bridgehead atoms. The third-order valence-electron chi connectivity index (χ3n) is 5.19. The van der Waals surface area contributed by atoms with Gasteiger partial charge in [-0.15, -0.1) is 0 Å². The van der Waals surface area contributed by atoms with Gasteiger partial charge in [-0.25, -0.2) is 0 Å². The number of halogens is 1. The van der Waals surface area contributed by atoms with Gasteiger partial charge in [-0.2, -0.15) is 0 Å². The third kappa shape index (κ3) is 6.77. The van der Waals surface area contributed by atoms with E-state index in [-0.39, 0.29) is 12.0 Å². The molecule has 1 fully saturated rings. The van der Waals surface area contributed by atoms with Crippen LogP contribution in [-0.2, 0) is 0 Å². The van der Waals surface area contributed by atoms with E-state index in [2.05, 4.69) is 21.2 Å². The van der Waals surface area contributed by atoms with E-state index in [9.17, 15) is 4.79 Å². The maximum Gasteiger partial charge on any atom is 0.255 e. The number of rotatable bonds is 8. The lowest BCUT2D eigenvalue weighted by atomic mass is 9.87. The quantitative estimate of drug-likeness (QED) is 0.469. The van der Waals surface area contributed by atoms with Gasteiger partial charge in [0.1, 0.15) is 11.5 Å². The Kier molecular flexibility index (Phi) is 7.99. The Morgan fingerprint density at radius 2 is 1.83 bits per heavy atom. The molecule has 156 valence electrons. The van der Waals surface area contributed by atoms with Gasteiger partial charge in [0.15, 0.2) is 0 Å². The summed E-state index contributed by atoms with van der Waals surface area (Å²) in [7, 11) is 0. The molecule has 1 aliphatic carbocycles. The number of carbonyl (C=O) groups is 1. The van der Waals surface area contributed by atoms with Crippen molar-refractivity contribution in [2.45, 2.75) is 58.5 Å². The summed E-state index contributed by atoms with van der Waals surface area (Å²) in [4.78, 5) is 12.5. The minimum atomic E-state index is -0.159. The molecule has 0 unspecified atom stereocenters. The van der Waals surface area contributed by atoms with Crippen molar-refractivity contribution >= 4 is 27.5 Å². The Morgan fingerprint density at radius 3 is 2.48 bits per heavy atom. The normalized spacial score (nSPS) is 14.6. The van der Waals surface area contributed by atoms with Gasteiger partial charge in [0.2, 0.25) is 0 Å². The van der Waals surface area contributed by atoms with Crippen molar-refractivity contribution in [2.24, 2.45) is 5.92 Å². The van der Waals surface area contributed by atoms with Crippen LogP contribution in [0.25, 0.3) is 0 Å². The van der Waals surface area contributed by atoms with E-state index in [1.807, 2.05) is 44.2 Å². The Hall–Kier alpha value is -2.01. The maximum atomic E-state index is 12.5. The van der Waals surface area contributed by atoms with E-state index in [1.54, 1.807) is 12.1 Å². The molecular formula is C24H30BrNO3. The van der Waals surface area contributed by atoms with Gasteiger partial charge < -0.3 is 14.8 Å². The number of hydrogen-bond acceptors (Lipinski definition) is 3. The molecule has 0 spiro atoms. The molecule has 2 aromatic rings. The molecule has 3 rings (SSSR count). The zero-order chi connectivity index (χ0) is 20.6. The van der Waals surface area contributed by atoms with E-state index >= 15 is 0 Å². The number of carbonyl (C=O) groups excluding carboxylic acids is 1. The van der Waals surface area contributed by atoms with Crippen molar-refractivity contribution in [3.63, 3.8) is 0 Å². The first kappa shape index (κ1) is 21.7. The first-order valence-electron chi connectivity index (χ1n) is 10.5. The van der Waals surface area contributed by atoms with E-state index in [4.69, 9.17) is 9.47 Å². The van der Waals surface area contributed by atoms with E-state index in [0.29, 0.717) is 5.56 Å². The number of nitrogens with one attached hydrogen (secondary N) is 1. The highest BCUT2D eigenvalue weighted by atomic mass is 79.9. The Morgan fingerprint density at radius 1 is 1.10 bits per heavy atom. The van der Waals surface area contributed by atoms with Crippen LogP contribution in [0.2, 0.25) is 0 Å². The molecule has 1 saturated carbocycles. The van der Waals surface area contributed by atoms with E-state index < -0.39 is 0 Å². The van der Waals surface area contributed by atoms with Gasteiger partial charge in [-0.3, -0.25) is 4.79 Å². The van der Waals surface area contributed by atoms with Crippen molar-refractivity contribution in [1.82, 2.24) is 0 Å². The molecule has 2 aromatic carbocycles. The summed E-state index contributed by atoms with van der Waals surface area (Å²) in [5.41, 5.74) is 1.31. The second-order valence-electron chi connectivity index (χ2n) is 7.93. The summed E-state index contributed by atoms with van der Waals surface area (Å²) in [5, 5.41) is 2.92. The predicted octanol–water partition coefficient (Wildman–Crippen LogP) is 6.84. The molecule has 1 aliphatic rings. The van der Waals surface area contributed by atoms with E-state index in [1.165, 1.54) is 32.1 Å². The van der Waals surface area contributed by atoms with Gasteiger partial charge >= 0.3 is 0 Å². The molecular weight excluding hydrogens is 430 g/mol. The van der Waals surface area contributed by atoms with Gasteiger partial charge in [-0.1, -0.05) is 32.1 Å². The number of amides is 1. The summed E-state index contributed by atoms with van der Waals surface area (Å²) in [6.45, 7) is 4.70. The average molecular weight is 460 g/mol. The van der Waals surface area contributed by atoms with Gasteiger partial charge in [0, 0.05) is 11.3 Å². The van der Waals surface area contributed by atoms with Crippen LogP contribution >= 0.6 is 15.9 Å². The minimum Gasteiger partial charge on any atom is -0.494 e. The summed E-state index contributed by atoms with van der Waals surface area (Å²) >= 11 is 3.47. The second kappa shape index (κ2) is 10.7. The average Bonchev–Trinajstić information content (AvgIpc) is 2.71. The Bertz CT molecular complexity index is 798. The fourth-order valence-corrected chi connectivity index (χ4v) is 4.12. The lowest BCUT2D eigenvalue weighted by Gasteiger charge is -2.21. The van der Waals surface area contributed by atoms with Crippen molar-refractivity contribution in [2.75, 3.05) is 11.9 Å². The molecule has 5 heteroatoms. The summed E-state index contributed by atoms with van der Waals surface area (Å²) < 4.78 is 12.3. The SMILES string of the molecule is CC(C)Oc1ccc(C(=O)Nc2ccc(OCCC3CCCCC3)cc2)cc1Br. The highest BCUT2D eigenvalue weighted by Gasteiger charge is 2.13. The van der Waals surface area contributed by atoms with Gasteiger partial charge in [0.25, 0.3) is 5.91 Å². The maximum absolute atomic E-state index is 12.5. The highest BCUT2D eigenvalue weighted by molar-refractivity contribution is 9.10. The van der Waals surface area contributed by atoms with Crippen molar-refractivity contribution in [1.29, 1.82) is 0 Å². The molecule has 1 N–H and O–H groups in total. The fourth-order valence-electron chi connectivity index (χ4n) is 3.65. The highest BCUT2D eigenvalue weighted by Crippen LogP contribution is 2.28. The molecule has 4 nitrogen and oxygen atoms in total. The first-order valence-corrected chi connectivity index (χ1v) is 11.3. The Labute approximate surface area is 182 Å². The van der Waals surface area contributed by atoms with Crippen molar-refractivity contribution in [3.05, 3.63) is 52.5 Å². The number of hydrogen-bond donors (Lipinski definition) is 1. The smallest absolute Gasteiger partial charge is 0.255 e. The zero-order valence-corrected chi connectivity index (χ0v) is 18.8. The van der Waals surface area contributed by atoms with Crippen molar-refractivity contribution in [3.8, 4) is 11.5 Å². The third-order valence-corrected chi connectivity index (χ3v) is 5.81. The Balaban J connectivity index is 1.49. The summed E-state index contributed by atoms with van der Waals surface area (Å²) in [6.07, 6.45) is 8.01. The number of ether oxygens (including phenoxy) is 2. The van der Waals surface area contributed by atoms with Crippen LogP contribution < -0.4 is 14.8 Å². The van der Waals surface area contributed by atoms with Gasteiger partial charge in [-0.05, 0) is 84.6 Å². The van der Waals surface area contributed by atoms with Crippen LogP contribution in [0.15, 0.2) is 46.9 Å². The van der Waals surface area contributed by atoms with E-state index in [0.717, 1.165) is 40.6 Å². The summed E-state index contributed by atoms with van der Waals surface area (Å²) in [5.74, 6) is 2.23. The molecule has 0 heterocycles. The first-order chi connectivity index (χ1) is 14.0. The van der Waals surface area contributed by atoms with Crippen molar-refractivity contribution < 1.29 is 14.3 Å². The molecule has 0 aromatic heterocycles. The monoisotopic (exact) mass is 459 g/mol. The predicted molar refractivity (Wildman–Crippen MR) is 121 cm³/mol. The van der Waals surface area contributed by atoms with Crippen LogP contribution in [0.1, 0.15) is 62.7 Å². The molecule has 1 amide bonds. The number of anilines is 1. The largest absolute Gasteiger partial charge is 0.494 e. The zero-order valence-electron chi connectivity index (χ0n) is 17.2. The molecule has 0 saturated heterocycles. The van der Waals surface area contributed by atoms with Crippen LogP contribution in [-0.4, -0.2) is 18.6 Å². The molecule has 0 aliphatic heterocycles. The summed E-state index contributed by atoms with van der Waals surface area (Å²) in [6, 6.07) is 12.9. The lowest BCUT2D eigenvalue weighted by molar-refractivity contribution is 0.102. The fraction of sp³-hybridized carbons (Fsp3) is 0.458. The van der Waals surface area contributed by atoms with Crippen LogP contribution in [0, 0.1) is 5.92 Å². The number of benzene rings is 2. The van der Waals surface area contributed by atoms with Crippen LogP contribution in [0.3, 0.4) is 0 Å². The van der Waals surface area contributed by atoms with Crippen LogP contribution in [0.5, 0.6) is 11.5 Å². The lowest BCUT2D eigenvalue weighted by Crippen LogP contribution is -2.13. The van der Waals surface area contributed by atoms with Crippen LogP contribution in [0.4, 0.5) is 5.69 Å². The standard InChI is InChI=1S/C24H30BrNO3/c1-17(2)29-23-13-8-19(16-22(23)25)24(27)26-20-9-11-21(12-10-20)28-15-14-18-6-4-3-5-7-18/h8-13,16-18H,3-7,14-15H2,1-2H3,(H,26,27). The molecule has 29 heavy (non-hydrogen) atoms. The molecule has 0 atom stereocenters.